The fourth-order valence-corrected chi connectivity index (χ4v) is 2.47. The van der Waals surface area contributed by atoms with Crippen molar-refractivity contribution in [1.29, 1.82) is 0 Å². The molecule has 0 spiro atoms. The molecule has 1 saturated heterocycles. The highest BCUT2D eigenvalue weighted by Crippen LogP contribution is 2.08. The van der Waals surface area contributed by atoms with Crippen LogP contribution in [0.1, 0.15) is 24.8 Å². The van der Waals surface area contributed by atoms with Crippen LogP contribution in [0.15, 0.2) is 30.3 Å². The van der Waals surface area contributed by atoms with Gasteiger partial charge in [0.05, 0.1) is 0 Å². The van der Waals surface area contributed by atoms with Crippen molar-refractivity contribution in [2.75, 3.05) is 33.2 Å². The van der Waals surface area contributed by atoms with Crippen LogP contribution in [0.25, 0.3) is 0 Å². The molecule has 0 saturated carbocycles. The van der Waals surface area contributed by atoms with E-state index in [1.54, 1.807) is 0 Å². The van der Waals surface area contributed by atoms with Gasteiger partial charge in [-0.15, -0.1) is 0 Å². The average molecular weight is 232 g/mol. The molecule has 0 radical (unpaired) electrons. The van der Waals surface area contributed by atoms with Gasteiger partial charge in [-0.05, 0) is 38.5 Å². The lowest BCUT2D eigenvalue weighted by Crippen LogP contribution is -2.36. The van der Waals surface area contributed by atoms with Gasteiger partial charge in [-0.2, -0.15) is 0 Å². The Balaban J connectivity index is 1.68. The molecule has 1 heterocycles. The summed E-state index contributed by atoms with van der Waals surface area (Å²) in [5.41, 5.74) is 1.41. The van der Waals surface area contributed by atoms with E-state index >= 15 is 0 Å². The summed E-state index contributed by atoms with van der Waals surface area (Å²) in [7, 11) is 2.22. The molecule has 1 aliphatic rings. The van der Waals surface area contributed by atoms with Gasteiger partial charge >= 0.3 is 0 Å². The van der Waals surface area contributed by atoms with E-state index in [9.17, 15) is 0 Å². The highest BCUT2D eigenvalue weighted by atomic mass is 15.2. The summed E-state index contributed by atoms with van der Waals surface area (Å²) in [5.74, 6) is 0. The van der Waals surface area contributed by atoms with E-state index in [4.69, 9.17) is 0 Å². The summed E-state index contributed by atoms with van der Waals surface area (Å²) >= 11 is 0. The number of hydrogen-bond acceptors (Lipinski definition) is 2. The lowest BCUT2D eigenvalue weighted by atomic mass is 10.1. The average Bonchev–Trinajstić information content (AvgIpc) is 2.39. The summed E-state index contributed by atoms with van der Waals surface area (Å²) in [6, 6.07) is 10.7. The van der Waals surface area contributed by atoms with Crippen LogP contribution in [0.5, 0.6) is 0 Å². The van der Waals surface area contributed by atoms with Crippen LogP contribution < -0.4 is 0 Å². The second-order valence-corrected chi connectivity index (χ2v) is 5.13. The fourth-order valence-electron chi connectivity index (χ4n) is 2.47. The van der Waals surface area contributed by atoms with Crippen LogP contribution in [0.4, 0.5) is 0 Å². The molecule has 2 heteroatoms. The number of benzene rings is 1. The third-order valence-corrected chi connectivity index (χ3v) is 3.54. The van der Waals surface area contributed by atoms with Crippen molar-refractivity contribution in [2.24, 2.45) is 0 Å². The Kier molecular flexibility index (Phi) is 5.02. The normalized spacial score (nSPS) is 17.5. The van der Waals surface area contributed by atoms with Crippen LogP contribution in [0, 0.1) is 0 Å². The smallest absolute Gasteiger partial charge is 0.0231 e. The number of rotatable bonds is 5. The lowest BCUT2D eigenvalue weighted by Gasteiger charge is -2.28. The SMILES string of the molecule is CN(CCN1CCCCC1)Cc1ccccc1. The largest absolute Gasteiger partial charge is 0.302 e. The zero-order chi connectivity index (χ0) is 11.9. The minimum absolute atomic E-state index is 1.06. The molecule has 0 N–H and O–H groups in total. The van der Waals surface area contributed by atoms with E-state index in [2.05, 4.69) is 47.2 Å². The molecule has 2 rings (SSSR count). The van der Waals surface area contributed by atoms with Gasteiger partial charge in [-0.1, -0.05) is 36.8 Å². The molecule has 1 fully saturated rings. The van der Waals surface area contributed by atoms with E-state index in [1.807, 2.05) is 0 Å². The number of hydrogen-bond donors (Lipinski definition) is 0. The van der Waals surface area contributed by atoms with Crippen LogP contribution in [0.2, 0.25) is 0 Å². The molecule has 0 aromatic heterocycles. The molecule has 0 unspecified atom stereocenters. The monoisotopic (exact) mass is 232 g/mol. The standard InChI is InChI=1S/C15H24N2/c1-16(14-15-8-4-2-5-9-15)12-13-17-10-6-3-7-11-17/h2,4-5,8-9H,3,6-7,10-14H2,1H3. The first-order valence-electron chi connectivity index (χ1n) is 6.79. The minimum Gasteiger partial charge on any atom is -0.302 e. The van der Waals surface area contributed by atoms with E-state index in [0.29, 0.717) is 0 Å². The van der Waals surface area contributed by atoms with Crippen LogP contribution >= 0.6 is 0 Å². The first kappa shape index (κ1) is 12.6. The molecule has 0 atom stereocenters. The summed E-state index contributed by atoms with van der Waals surface area (Å²) in [5, 5.41) is 0. The molecule has 1 aromatic carbocycles. The van der Waals surface area contributed by atoms with E-state index < -0.39 is 0 Å². The van der Waals surface area contributed by atoms with Gasteiger partial charge in [0.15, 0.2) is 0 Å². The Hall–Kier alpha value is -0.860. The van der Waals surface area contributed by atoms with E-state index in [0.717, 1.165) is 6.54 Å². The summed E-state index contributed by atoms with van der Waals surface area (Å²) < 4.78 is 0. The highest BCUT2D eigenvalue weighted by Gasteiger charge is 2.10. The van der Waals surface area contributed by atoms with Crippen molar-refractivity contribution in [2.45, 2.75) is 25.8 Å². The first-order chi connectivity index (χ1) is 8.34. The molecule has 94 valence electrons. The number of likely N-dealkylation sites (tertiary alicyclic amines) is 1. The third kappa shape index (κ3) is 4.49. The number of nitrogens with zero attached hydrogens (tertiary/aromatic N) is 2. The van der Waals surface area contributed by atoms with Gasteiger partial charge in [0.2, 0.25) is 0 Å². The van der Waals surface area contributed by atoms with Crippen molar-refractivity contribution in [3.63, 3.8) is 0 Å². The van der Waals surface area contributed by atoms with Crippen molar-refractivity contribution in [3.8, 4) is 0 Å². The second-order valence-electron chi connectivity index (χ2n) is 5.13. The Morgan fingerprint density at radius 2 is 1.76 bits per heavy atom. The van der Waals surface area contributed by atoms with Crippen molar-refractivity contribution >= 4 is 0 Å². The topological polar surface area (TPSA) is 6.48 Å². The molecule has 0 amide bonds. The van der Waals surface area contributed by atoms with Crippen LogP contribution in [0.3, 0.4) is 0 Å². The van der Waals surface area contributed by atoms with Crippen molar-refractivity contribution in [3.05, 3.63) is 35.9 Å². The first-order valence-corrected chi connectivity index (χ1v) is 6.79. The minimum atomic E-state index is 1.06. The molecule has 17 heavy (non-hydrogen) atoms. The predicted octanol–water partition coefficient (Wildman–Crippen LogP) is 2.60. The lowest BCUT2D eigenvalue weighted by molar-refractivity contribution is 0.194. The Bertz CT molecular complexity index is 304. The number of likely N-dealkylation sites (N-methyl/N-ethyl adjacent to an activating group) is 1. The molecular formula is C15H24N2. The predicted molar refractivity (Wildman–Crippen MR) is 73.1 cm³/mol. The summed E-state index contributed by atoms with van der Waals surface area (Å²) in [4.78, 5) is 5.02. The zero-order valence-electron chi connectivity index (χ0n) is 10.9. The summed E-state index contributed by atoms with van der Waals surface area (Å²) in [6.45, 7) is 6.07. The van der Waals surface area contributed by atoms with Gasteiger partial charge in [0, 0.05) is 19.6 Å². The Labute approximate surface area is 105 Å². The van der Waals surface area contributed by atoms with Crippen molar-refractivity contribution in [1.82, 2.24) is 9.80 Å². The fraction of sp³-hybridized carbons (Fsp3) is 0.600. The zero-order valence-corrected chi connectivity index (χ0v) is 10.9. The van der Waals surface area contributed by atoms with Gasteiger partial charge in [0.25, 0.3) is 0 Å². The second kappa shape index (κ2) is 6.77. The van der Waals surface area contributed by atoms with Gasteiger partial charge in [-0.3, -0.25) is 0 Å². The molecule has 0 aliphatic carbocycles. The number of piperidine rings is 1. The molecule has 0 bridgehead atoms. The Morgan fingerprint density at radius 1 is 1.06 bits per heavy atom. The van der Waals surface area contributed by atoms with Gasteiger partial charge in [-0.25, -0.2) is 0 Å². The molecule has 2 nitrogen and oxygen atoms in total. The van der Waals surface area contributed by atoms with Crippen LogP contribution in [-0.2, 0) is 6.54 Å². The molecular weight excluding hydrogens is 208 g/mol. The van der Waals surface area contributed by atoms with Gasteiger partial charge in [0.1, 0.15) is 0 Å². The molecule has 1 aliphatic heterocycles. The summed E-state index contributed by atoms with van der Waals surface area (Å²) in [6.07, 6.45) is 4.21. The van der Waals surface area contributed by atoms with E-state index in [1.165, 1.54) is 51.0 Å². The maximum Gasteiger partial charge on any atom is 0.0231 e. The maximum atomic E-state index is 2.60. The maximum absolute atomic E-state index is 2.60. The van der Waals surface area contributed by atoms with Crippen molar-refractivity contribution < 1.29 is 0 Å². The third-order valence-electron chi connectivity index (χ3n) is 3.54. The van der Waals surface area contributed by atoms with E-state index in [-0.39, 0.29) is 0 Å². The quantitative estimate of drug-likeness (QED) is 0.770. The Morgan fingerprint density at radius 3 is 2.47 bits per heavy atom. The highest BCUT2D eigenvalue weighted by molar-refractivity contribution is 5.14. The molecule has 1 aromatic rings. The van der Waals surface area contributed by atoms with Gasteiger partial charge < -0.3 is 9.80 Å². The van der Waals surface area contributed by atoms with Crippen LogP contribution in [-0.4, -0.2) is 43.0 Å².